The quantitative estimate of drug-likeness (QED) is 0.704. The molecule has 2 aliphatic heterocycles. The second-order valence-corrected chi connectivity index (χ2v) is 8.45. The lowest BCUT2D eigenvalue weighted by atomic mass is 9.80. The summed E-state index contributed by atoms with van der Waals surface area (Å²) < 4.78 is 0. The van der Waals surface area contributed by atoms with Crippen LogP contribution >= 0.6 is 0 Å². The van der Waals surface area contributed by atoms with Crippen molar-refractivity contribution < 1.29 is 9.90 Å². The first-order chi connectivity index (χ1) is 12.8. The van der Waals surface area contributed by atoms with Crippen molar-refractivity contribution in [3.8, 4) is 0 Å². The number of fused-ring (bicyclic) bond motifs is 3. The van der Waals surface area contributed by atoms with Gasteiger partial charge in [0.2, 0.25) is 0 Å². The van der Waals surface area contributed by atoms with Crippen LogP contribution in [0.5, 0.6) is 0 Å². The molecule has 1 amide bonds. The fraction of sp³-hybridized carbons (Fsp3) is 0.364. The van der Waals surface area contributed by atoms with Gasteiger partial charge in [0.1, 0.15) is 0 Å². The average Bonchev–Trinajstić information content (AvgIpc) is 2.99. The minimum atomic E-state index is -0.854. The number of carboxylic acid groups (broad SMARTS) is 1. The summed E-state index contributed by atoms with van der Waals surface area (Å²) in [5, 5.41) is 9.57. The van der Waals surface area contributed by atoms with Gasteiger partial charge in [-0.25, -0.2) is 4.79 Å². The van der Waals surface area contributed by atoms with E-state index in [0.29, 0.717) is 6.54 Å². The van der Waals surface area contributed by atoms with Crippen molar-refractivity contribution in [2.75, 3.05) is 12.3 Å². The predicted octanol–water partition coefficient (Wildman–Crippen LogP) is 4.79. The van der Waals surface area contributed by atoms with Crippen LogP contribution in [0, 0.1) is 5.41 Å². The topological polar surface area (TPSA) is 78.9 Å². The standard InChI is InChI=1S/C22H25N3O2/c1-22(2,3)19-12-14(9-10-25(19)21(26)27)13-7-8-17-15(11-13)20-16(23)5-4-6-18(20)24-17/h4-7,11-12,19H,8-10,23H2,1-3H3,(H,26,27). The SMILES string of the molecule is CC(C)(C)C1C=C(C2=CCC3=Nc4cccc(N)c4C3=C2)CCN1C(=O)O. The number of hydrogen-bond acceptors (Lipinski definition) is 3. The van der Waals surface area contributed by atoms with Crippen LogP contribution in [0.1, 0.15) is 39.2 Å². The first kappa shape index (κ1) is 17.6. The first-order valence-electron chi connectivity index (χ1n) is 9.35. The van der Waals surface area contributed by atoms with E-state index < -0.39 is 6.09 Å². The summed E-state index contributed by atoms with van der Waals surface area (Å²) in [5.41, 5.74) is 13.3. The molecule has 1 aliphatic carbocycles. The third-order valence-corrected chi connectivity index (χ3v) is 5.55. The molecule has 1 aromatic rings. The molecular weight excluding hydrogens is 338 g/mol. The molecule has 3 N–H and O–H groups in total. The number of aliphatic imine (C=N–C) groups is 1. The van der Waals surface area contributed by atoms with Gasteiger partial charge in [0.15, 0.2) is 0 Å². The Labute approximate surface area is 159 Å². The van der Waals surface area contributed by atoms with Crippen LogP contribution in [-0.4, -0.2) is 34.4 Å². The molecule has 0 radical (unpaired) electrons. The smallest absolute Gasteiger partial charge is 0.407 e. The molecule has 2 heterocycles. The third kappa shape index (κ3) is 2.97. The summed E-state index contributed by atoms with van der Waals surface area (Å²) >= 11 is 0. The van der Waals surface area contributed by atoms with Crippen LogP contribution in [0.3, 0.4) is 0 Å². The molecule has 0 spiro atoms. The van der Waals surface area contributed by atoms with E-state index in [2.05, 4.69) is 39.0 Å². The van der Waals surface area contributed by atoms with Crippen molar-refractivity contribution in [2.45, 2.75) is 39.7 Å². The van der Waals surface area contributed by atoms with Gasteiger partial charge in [0, 0.05) is 29.8 Å². The van der Waals surface area contributed by atoms with E-state index in [1.54, 1.807) is 4.90 Å². The number of nitrogens with two attached hydrogens (primary N) is 1. The molecular formula is C22H25N3O2. The highest BCUT2D eigenvalue weighted by Crippen LogP contribution is 2.43. The second kappa shape index (κ2) is 6.12. The molecule has 0 fully saturated rings. The van der Waals surface area contributed by atoms with E-state index in [4.69, 9.17) is 10.7 Å². The first-order valence-corrected chi connectivity index (χ1v) is 9.35. The van der Waals surface area contributed by atoms with Crippen molar-refractivity contribution in [3.63, 3.8) is 0 Å². The highest BCUT2D eigenvalue weighted by Gasteiger charge is 2.35. The fourth-order valence-electron chi connectivity index (χ4n) is 4.17. The molecule has 5 nitrogen and oxygen atoms in total. The van der Waals surface area contributed by atoms with E-state index in [9.17, 15) is 9.90 Å². The van der Waals surface area contributed by atoms with Gasteiger partial charge in [-0.1, -0.05) is 39.0 Å². The zero-order valence-corrected chi connectivity index (χ0v) is 16.0. The van der Waals surface area contributed by atoms with E-state index in [0.717, 1.165) is 41.1 Å². The van der Waals surface area contributed by atoms with Crippen molar-refractivity contribution >= 4 is 28.8 Å². The van der Waals surface area contributed by atoms with E-state index >= 15 is 0 Å². The number of rotatable bonds is 1. The maximum atomic E-state index is 11.7. The highest BCUT2D eigenvalue weighted by molar-refractivity contribution is 6.31. The Hall–Kier alpha value is -2.82. The normalized spacial score (nSPS) is 21.6. The number of anilines is 1. The predicted molar refractivity (Wildman–Crippen MR) is 109 cm³/mol. The number of allylic oxidation sites excluding steroid dienone is 4. The Morgan fingerprint density at radius 1 is 1.33 bits per heavy atom. The summed E-state index contributed by atoms with van der Waals surface area (Å²) in [4.78, 5) is 17.9. The van der Waals surface area contributed by atoms with Crippen LogP contribution in [0.25, 0.3) is 5.57 Å². The molecule has 0 saturated carbocycles. The summed E-state index contributed by atoms with van der Waals surface area (Å²) in [7, 11) is 0. The van der Waals surface area contributed by atoms with Gasteiger partial charge in [-0.15, -0.1) is 0 Å². The zero-order valence-electron chi connectivity index (χ0n) is 16.0. The fourth-order valence-corrected chi connectivity index (χ4v) is 4.17. The van der Waals surface area contributed by atoms with Crippen molar-refractivity contribution in [1.82, 2.24) is 4.90 Å². The largest absolute Gasteiger partial charge is 0.465 e. The Kier molecular flexibility index (Phi) is 3.98. The van der Waals surface area contributed by atoms with Gasteiger partial charge in [-0.3, -0.25) is 4.99 Å². The molecule has 1 unspecified atom stereocenters. The summed E-state index contributed by atoms with van der Waals surface area (Å²) in [6.45, 7) is 6.77. The molecule has 0 aromatic heterocycles. The van der Waals surface area contributed by atoms with Gasteiger partial charge in [-0.2, -0.15) is 0 Å². The lowest BCUT2D eigenvalue weighted by Crippen LogP contribution is -2.48. The van der Waals surface area contributed by atoms with Crippen LogP contribution in [0.15, 0.2) is 52.6 Å². The van der Waals surface area contributed by atoms with Crippen LogP contribution < -0.4 is 5.73 Å². The third-order valence-electron chi connectivity index (χ3n) is 5.55. The molecule has 4 rings (SSSR count). The zero-order chi connectivity index (χ0) is 19.3. The maximum absolute atomic E-state index is 11.7. The molecule has 3 aliphatic rings. The van der Waals surface area contributed by atoms with Crippen molar-refractivity contribution in [3.05, 3.63) is 53.1 Å². The molecule has 0 bridgehead atoms. The van der Waals surface area contributed by atoms with Crippen LogP contribution in [0.4, 0.5) is 16.2 Å². The molecule has 27 heavy (non-hydrogen) atoms. The monoisotopic (exact) mass is 363 g/mol. The van der Waals surface area contributed by atoms with Crippen molar-refractivity contribution in [1.29, 1.82) is 0 Å². The van der Waals surface area contributed by atoms with Gasteiger partial charge in [0.05, 0.1) is 17.4 Å². The summed E-state index contributed by atoms with van der Waals surface area (Å²) in [6.07, 6.45) is 7.15. The number of carbonyl (C=O) groups is 1. The minimum Gasteiger partial charge on any atom is -0.465 e. The van der Waals surface area contributed by atoms with E-state index in [1.807, 2.05) is 18.2 Å². The molecule has 5 heteroatoms. The van der Waals surface area contributed by atoms with Gasteiger partial charge >= 0.3 is 6.09 Å². The second-order valence-electron chi connectivity index (χ2n) is 8.45. The number of hydrogen-bond donors (Lipinski definition) is 2. The Morgan fingerprint density at radius 2 is 2.11 bits per heavy atom. The Balaban J connectivity index is 1.72. The molecule has 1 atom stereocenters. The Bertz CT molecular complexity index is 945. The maximum Gasteiger partial charge on any atom is 0.407 e. The average molecular weight is 363 g/mol. The van der Waals surface area contributed by atoms with Gasteiger partial charge in [0.25, 0.3) is 0 Å². The van der Waals surface area contributed by atoms with E-state index in [-0.39, 0.29) is 11.5 Å². The van der Waals surface area contributed by atoms with Gasteiger partial charge < -0.3 is 15.7 Å². The van der Waals surface area contributed by atoms with Crippen molar-refractivity contribution in [2.24, 2.45) is 10.4 Å². The summed E-state index contributed by atoms with van der Waals surface area (Å²) in [6, 6.07) is 5.70. The number of nitrogens with zero attached hydrogens (tertiary/aromatic N) is 2. The number of amides is 1. The minimum absolute atomic E-state index is 0.144. The highest BCUT2D eigenvalue weighted by atomic mass is 16.4. The number of nitrogen functional groups attached to an aromatic ring is 1. The lowest BCUT2D eigenvalue weighted by Gasteiger charge is -2.40. The molecule has 0 saturated heterocycles. The van der Waals surface area contributed by atoms with Crippen LogP contribution in [-0.2, 0) is 0 Å². The molecule has 1 aromatic carbocycles. The van der Waals surface area contributed by atoms with Crippen LogP contribution in [0.2, 0.25) is 0 Å². The summed E-state index contributed by atoms with van der Waals surface area (Å²) in [5.74, 6) is 0. The molecule has 140 valence electrons. The van der Waals surface area contributed by atoms with Gasteiger partial charge in [-0.05, 0) is 41.2 Å². The number of benzene rings is 1. The lowest BCUT2D eigenvalue weighted by molar-refractivity contribution is 0.0978. The Morgan fingerprint density at radius 3 is 2.81 bits per heavy atom. The van der Waals surface area contributed by atoms with E-state index in [1.165, 1.54) is 11.1 Å².